The van der Waals surface area contributed by atoms with Crippen LogP contribution in [0.3, 0.4) is 0 Å². The third-order valence-corrected chi connectivity index (χ3v) is 4.18. The van der Waals surface area contributed by atoms with E-state index in [9.17, 15) is 0 Å². The number of pyridine rings is 1. The van der Waals surface area contributed by atoms with Crippen LogP contribution in [0.25, 0.3) is 0 Å². The van der Waals surface area contributed by atoms with Gasteiger partial charge in [-0.3, -0.25) is 0 Å². The summed E-state index contributed by atoms with van der Waals surface area (Å²) in [5, 5.41) is 3.53. The Morgan fingerprint density at radius 3 is 2.65 bits per heavy atom. The van der Waals surface area contributed by atoms with E-state index in [4.69, 9.17) is 4.98 Å². The van der Waals surface area contributed by atoms with Crippen LogP contribution in [0.2, 0.25) is 0 Å². The average Bonchev–Trinajstić information content (AvgIpc) is 2.85. The first-order valence-corrected chi connectivity index (χ1v) is 7.85. The first-order chi connectivity index (χ1) is 9.39. The van der Waals surface area contributed by atoms with Gasteiger partial charge in [0.1, 0.15) is 5.82 Å². The summed E-state index contributed by atoms with van der Waals surface area (Å²) in [7, 11) is 0. The molecule has 1 aromatic heterocycles. The van der Waals surface area contributed by atoms with Crippen molar-refractivity contribution >= 4 is 5.82 Å². The minimum absolute atomic E-state index is 0.147. The zero-order valence-corrected chi connectivity index (χ0v) is 13.7. The van der Waals surface area contributed by atoms with Crippen molar-refractivity contribution in [2.24, 2.45) is 5.92 Å². The SMILES string of the molecule is CCC1CCN(c2ccc(CNC(C)(C)C)c(C)n2)C1. The highest BCUT2D eigenvalue weighted by molar-refractivity contribution is 5.42. The fraction of sp³-hybridized carbons (Fsp3) is 0.706. The molecule has 0 aromatic carbocycles. The summed E-state index contributed by atoms with van der Waals surface area (Å²) < 4.78 is 0. The van der Waals surface area contributed by atoms with Crippen LogP contribution in [-0.2, 0) is 6.54 Å². The van der Waals surface area contributed by atoms with Crippen LogP contribution in [0.1, 0.15) is 51.8 Å². The van der Waals surface area contributed by atoms with E-state index in [-0.39, 0.29) is 5.54 Å². The van der Waals surface area contributed by atoms with Crippen LogP contribution in [0.15, 0.2) is 12.1 Å². The number of hydrogen-bond donors (Lipinski definition) is 1. The van der Waals surface area contributed by atoms with Crippen LogP contribution in [0.5, 0.6) is 0 Å². The molecule has 0 radical (unpaired) electrons. The highest BCUT2D eigenvalue weighted by Crippen LogP contribution is 2.25. The molecule has 1 unspecified atom stereocenters. The normalized spacial score (nSPS) is 19.6. The van der Waals surface area contributed by atoms with E-state index >= 15 is 0 Å². The summed E-state index contributed by atoms with van der Waals surface area (Å²) in [5.74, 6) is 2.00. The van der Waals surface area contributed by atoms with E-state index in [1.807, 2.05) is 0 Å². The van der Waals surface area contributed by atoms with E-state index in [1.54, 1.807) is 0 Å². The Balaban J connectivity index is 2.02. The third-order valence-electron chi connectivity index (χ3n) is 4.18. The lowest BCUT2D eigenvalue weighted by Gasteiger charge is -2.22. The van der Waals surface area contributed by atoms with Crippen LogP contribution in [0, 0.1) is 12.8 Å². The van der Waals surface area contributed by atoms with E-state index < -0.39 is 0 Å². The monoisotopic (exact) mass is 275 g/mol. The Bertz CT molecular complexity index is 448. The molecule has 20 heavy (non-hydrogen) atoms. The van der Waals surface area contributed by atoms with Crippen molar-refractivity contribution in [3.8, 4) is 0 Å². The average molecular weight is 275 g/mol. The van der Waals surface area contributed by atoms with Crippen LogP contribution >= 0.6 is 0 Å². The topological polar surface area (TPSA) is 28.2 Å². The molecule has 1 aliphatic heterocycles. The summed E-state index contributed by atoms with van der Waals surface area (Å²) in [6.07, 6.45) is 2.59. The molecule has 3 nitrogen and oxygen atoms in total. The molecule has 0 aliphatic carbocycles. The predicted molar refractivity (Wildman–Crippen MR) is 86.2 cm³/mol. The number of aromatic nitrogens is 1. The maximum absolute atomic E-state index is 4.81. The highest BCUT2D eigenvalue weighted by Gasteiger charge is 2.22. The minimum atomic E-state index is 0.147. The summed E-state index contributed by atoms with van der Waals surface area (Å²) >= 11 is 0. The Labute approximate surface area is 123 Å². The van der Waals surface area contributed by atoms with E-state index in [1.165, 1.54) is 24.9 Å². The molecule has 1 aliphatic rings. The maximum atomic E-state index is 4.81. The van der Waals surface area contributed by atoms with Crippen LogP contribution in [-0.4, -0.2) is 23.6 Å². The van der Waals surface area contributed by atoms with Crippen molar-refractivity contribution in [3.63, 3.8) is 0 Å². The minimum Gasteiger partial charge on any atom is -0.356 e. The van der Waals surface area contributed by atoms with E-state index in [2.05, 4.69) is 57.0 Å². The molecular weight excluding hydrogens is 246 g/mol. The fourth-order valence-corrected chi connectivity index (χ4v) is 2.67. The van der Waals surface area contributed by atoms with Gasteiger partial charge in [-0.2, -0.15) is 0 Å². The van der Waals surface area contributed by atoms with Gasteiger partial charge in [-0.05, 0) is 51.7 Å². The second kappa shape index (κ2) is 6.13. The van der Waals surface area contributed by atoms with Crippen molar-refractivity contribution in [1.82, 2.24) is 10.3 Å². The smallest absolute Gasteiger partial charge is 0.128 e. The molecular formula is C17H29N3. The van der Waals surface area contributed by atoms with Gasteiger partial charge in [0.15, 0.2) is 0 Å². The lowest BCUT2D eigenvalue weighted by molar-refractivity contribution is 0.423. The lowest BCUT2D eigenvalue weighted by atomic mass is 10.1. The van der Waals surface area contributed by atoms with Crippen molar-refractivity contribution in [3.05, 3.63) is 23.4 Å². The molecule has 0 bridgehead atoms. The van der Waals surface area contributed by atoms with Crippen LogP contribution < -0.4 is 10.2 Å². The number of rotatable bonds is 4. The van der Waals surface area contributed by atoms with Gasteiger partial charge in [0.2, 0.25) is 0 Å². The van der Waals surface area contributed by atoms with Gasteiger partial charge in [-0.15, -0.1) is 0 Å². The molecule has 1 atom stereocenters. The predicted octanol–water partition coefficient (Wildman–Crippen LogP) is 3.51. The molecule has 0 spiro atoms. The number of hydrogen-bond acceptors (Lipinski definition) is 3. The summed E-state index contributed by atoms with van der Waals surface area (Å²) in [6, 6.07) is 4.42. The number of aryl methyl sites for hydroxylation is 1. The van der Waals surface area contributed by atoms with E-state index in [0.717, 1.165) is 30.5 Å². The van der Waals surface area contributed by atoms with Gasteiger partial charge < -0.3 is 10.2 Å². The van der Waals surface area contributed by atoms with Gasteiger partial charge in [-0.25, -0.2) is 4.98 Å². The molecule has 1 N–H and O–H groups in total. The molecule has 1 aromatic rings. The molecule has 0 saturated carbocycles. The maximum Gasteiger partial charge on any atom is 0.128 e. The molecule has 2 heterocycles. The van der Waals surface area contributed by atoms with Gasteiger partial charge in [0.25, 0.3) is 0 Å². The van der Waals surface area contributed by atoms with Crippen molar-refractivity contribution in [2.45, 2.75) is 59.5 Å². The fourth-order valence-electron chi connectivity index (χ4n) is 2.67. The molecule has 1 saturated heterocycles. The Morgan fingerprint density at radius 1 is 1.35 bits per heavy atom. The molecule has 3 heteroatoms. The standard InChI is InChI=1S/C17H29N3/c1-6-14-9-10-20(12-14)16-8-7-15(13(2)19-16)11-18-17(3,4)5/h7-8,14,18H,6,9-12H2,1-5H3. The van der Waals surface area contributed by atoms with Gasteiger partial charge >= 0.3 is 0 Å². The van der Waals surface area contributed by atoms with E-state index in [0.29, 0.717) is 0 Å². The number of nitrogens with zero attached hydrogens (tertiary/aromatic N) is 2. The Hall–Kier alpha value is -1.09. The van der Waals surface area contributed by atoms with Gasteiger partial charge in [0.05, 0.1) is 0 Å². The summed E-state index contributed by atoms with van der Waals surface area (Å²) in [6.45, 7) is 14.2. The largest absolute Gasteiger partial charge is 0.356 e. The molecule has 2 rings (SSSR count). The number of anilines is 1. The Kier molecular flexibility index (Phi) is 4.69. The molecule has 1 fully saturated rings. The quantitative estimate of drug-likeness (QED) is 0.911. The summed E-state index contributed by atoms with van der Waals surface area (Å²) in [4.78, 5) is 7.24. The first-order valence-electron chi connectivity index (χ1n) is 7.85. The third kappa shape index (κ3) is 3.95. The molecule has 112 valence electrons. The number of nitrogens with one attached hydrogen (secondary N) is 1. The Morgan fingerprint density at radius 2 is 2.10 bits per heavy atom. The molecule has 0 amide bonds. The zero-order chi connectivity index (χ0) is 14.8. The van der Waals surface area contributed by atoms with Crippen molar-refractivity contribution in [2.75, 3.05) is 18.0 Å². The van der Waals surface area contributed by atoms with Gasteiger partial charge in [0, 0.05) is 30.9 Å². The van der Waals surface area contributed by atoms with Crippen molar-refractivity contribution < 1.29 is 0 Å². The van der Waals surface area contributed by atoms with Gasteiger partial charge in [-0.1, -0.05) is 19.4 Å². The highest BCUT2D eigenvalue weighted by atomic mass is 15.2. The summed E-state index contributed by atoms with van der Waals surface area (Å²) in [5.41, 5.74) is 2.60. The van der Waals surface area contributed by atoms with Crippen LogP contribution in [0.4, 0.5) is 5.82 Å². The lowest BCUT2D eigenvalue weighted by Crippen LogP contribution is -2.35. The second-order valence-corrected chi connectivity index (χ2v) is 7.03. The zero-order valence-electron chi connectivity index (χ0n) is 13.7. The first kappa shape index (κ1) is 15.3. The second-order valence-electron chi connectivity index (χ2n) is 7.03. The van der Waals surface area contributed by atoms with Crippen molar-refractivity contribution in [1.29, 1.82) is 0 Å².